The SMILES string of the molecule is O.O=C(O)O.[NH2][AlH2]. The van der Waals surface area contributed by atoms with Gasteiger partial charge in [0.15, 0.2) is 0 Å². The van der Waals surface area contributed by atoms with Crippen LogP contribution in [0.25, 0.3) is 0 Å². The van der Waals surface area contributed by atoms with E-state index in [4.69, 9.17) is 15.0 Å². The van der Waals surface area contributed by atoms with Crippen molar-refractivity contribution >= 4 is 22.7 Å². The quantitative estimate of drug-likeness (QED) is 0.321. The van der Waals surface area contributed by atoms with Crippen LogP contribution >= 0.6 is 0 Å². The summed E-state index contributed by atoms with van der Waals surface area (Å²) < 4.78 is 4.64. The number of carboxylic acid groups (broad SMARTS) is 2. The largest absolute Gasteiger partial charge is 0.503 e. The van der Waals surface area contributed by atoms with E-state index in [0.717, 1.165) is 16.5 Å². The molecule has 0 fully saturated rings. The zero-order valence-corrected chi connectivity index (χ0v) is 5.88. The van der Waals surface area contributed by atoms with Crippen molar-refractivity contribution in [1.29, 1.82) is 0 Å². The fourth-order valence-corrected chi connectivity index (χ4v) is 0. The van der Waals surface area contributed by atoms with E-state index in [-0.39, 0.29) is 5.48 Å². The van der Waals surface area contributed by atoms with Gasteiger partial charge in [-0.05, 0) is 0 Å². The number of nitrogens with two attached hydrogens (primary N) is 1. The first-order valence-electron chi connectivity index (χ1n) is 1.23. The van der Waals surface area contributed by atoms with Crippen LogP contribution in [0.5, 0.6) is 0 Å². The summed E-state index contributed by atoms with van der Waals surface area (Å²) in [6.07, 6.45) is -1.83. The Kier molecular flexibility index (Phi) is 39.1. The maximum absolute atomic E-state index is 8.56. The van der Waals surface area contributed by atoms with Gasteiger partial charge in [0, 0.05) is 0 Å². The molecule has 6 N–H and O–H groups in total. The van der Waals surface area contributed by atoms with Gasteiger partial charge >= 0.3 is 22.7 Å². The molecule has 0 heterocycles. The molecule has 0 aliphatic rings. The summed E-state index contributed by atoms with van der Waals surface area (Å²) in [5.41, 5.74) is 0. The first-order chi connectivity index (χ1) is 2.73. The van der Waals surface area contributed by atoms with Gasteiger partial charge in [-0.25, -0.2) is 4.79 Å². The van der Waals surface area contributed by atoms with E-state index >= 15 is 0 Å². The second-order valence-corrected chi connectivity index (χ2v) is 0.283. The number of hydrogen-bond acceptors (Lipinski definition) is 2. The molecule has 0 amide bonds. The summed E-state index contributed by atoms with van der Waals surface area (Å²) >= 11 is 0.806. The van der Waals surface area contributed by atoms with Crippen molar-refractivity contribution in [1.82, 2.24) is 0 Å². The van der Waals surface area contributed by atoms with Crippen molar-refractivity contribution in [3.05, 3.63) is 0 Å². The molecule has 0 saturated heterocycles. The van der Waals surface area contributed by atoms with Gasteiger partial charge in [-0.15, -0.1) is 0 Å². The van der Waals surface area contributed by atoms with Crippen LogP contribution in [0.2, 0.25) is 0 Å². The minimum atomic E-state index is -1.83. The Morgan fingerprint density at radius 2 is 1.43 bits per heavy atom. The molecular formula is CH8AlNO4. The van der Waals surface area contributed by atoms with Crippen LogP contribution in [0.1, 0.15) is 0 Å². The Bertz CT molecular complexity index is 34.7. The summed E-state index contributed by atoms with van der Waals surface area (Å²) in [5, 5.41) is 13.9. The van der Waals surface area contributed by atoms with Crippen LogP contribution in [-0.4, -0.2) is 38.4 Å². The van der Waals surface area contributed by atoms with Gasteiger partial charge in [-0.3, -0.25) is 0 Å². The maximum atomic E-state index is 8.56. The minimum Gasteiger partial charge on any atom is -0.450 e. The smallest absolute Gasteiger partial charge is 0.450 e. The molecule has 0 unspecified atom stereocenters. The summed E-state index contributed by atoms with van der Waals surface area (Å²) in [4.78, 5) is 8.56. The van der Waals surface area contributed by atoms with Crippen LogP contribution in [0.3, 0.4) is 0 Å². The fraction of sp³-hybridized carbons (Fsp3) is 0. The highest BCUT2D eigenvalue weighted by atomic mass is 27.1. The molecule has 0 aromatic heterocycles. The highest BCUT2D eigenvalue weighted by Gasteiger charge is 1.70. The molecule has 0 atom stereocenters. The van der Waals surface area contributed by atoms with E-state index in [1.54, 1.807) is 0 Å². The maximum Gasteiger partial charge on any atom is 0.503 e. The van der Waals surface area contributed by atoms with Gasteiger partial charge in [0.25, 0.3) is 0 Å². The molecule has 0 rings (SSSR count). The normalized spacial score (nSPS) is 4.14. The third-order valence-electron chi connectivity index (χ3n) is 0. The van der Waals surface area contributed by atoms with Gasteiger partial charge in [0.05, 0.1) is 0 Å². The molecular weight excluding hydrogens is 117 g/mol. The zero-order chi connectivity index (χ0) is 5.58. The van der Waals surface area contributed by atoms with E-state index in [1.165, 1.54) is 0 Å². The molecule has 0 spiro atoms. The molecule has 0 aliphatic heterocycles. The monoisotopic (exact) mass is 125 g/mol. The molecule has 0 bridgehead atoms. The van der Waals surface area contributed by atoms with Crippen molar-refractivity contribution in [2.24, 2.45) is 4.72 Å². The van der Waals surface area contributed by atoms with E-state index < -0.39 is 6.16 Å². The molecule has 0 aromatic carbocycles. The van der Waals surface area contributed by atoms with E-state index in [9.17, 15) is 0 Å². The van der Waals surface area contributed by atoms with Crippen LogP contribution in [-0.2, 0) is 0 Å². The Balaban J connectivity index is -0.0000000480. The van der Waals surface area contributed by atoms with Gasteiger partial charge in [0.1, 0.15) is 0 Å². The minimum absolute atomic E-state index is 0. The standard InChI is InChI=1S/CH2O3.Al.H2N.H2O.2H/c2-1(3)4;;;;;/h(H2,2,3,4);;2*1H2;;/q;+1;-1;;;. The average molecular weight is 125 g/mol. The molecule has 0 saturated carbocycles. The fourth-order valence-electron chi connectivity index (χ4n) is 0. The van der Waals surface area contributed by atoms with Gasteiger partial charge in [-0.2, -0.15) is 0 Å². The third-order valence-corrected chi connectivity index (χ3v) is 0. The molecule has 0 aliphatic carbocycles. The van der Waals surface area contributed by atoms with Crippen molar-refractivity contribution in [3.8, 4) is 0 Å². The highest BCUT2D eigenvalue weighted by molar-refractivity contribution is 6.02. The summed E-state index contributed by atoms with van der Waals surface area (Å²) in [6.45, 7) is 0. The lowest BCUT2D eigenvalue weighted by atomic mass is 11.5. The average Bonchev–Trinajstić information content (AvgIpc) is 1.41. The Hall–Kier alpha value is -0.278. The second kappa shape index (κ2) is 17.2. The molecule has 0 radical (unpaired) electrons. The molecule has 6 heteroatoms. The van der Waals surface area contributed by atoms with E-state index in [1.807, 2.05) is 0 Å². The molecule has 44 valence electrons. The summed E-state index contributed by atoms with van der Waals surface area (Å²) in [7, 11) is 0. The first kappa shape index (κ1) is 15.9. The van der Waals surface area contributed by atoms with E-state index in [2.05, 4.69) is 4.72 Å². The summed E-state index contributed by atoms with van der Waals surface area (Å²) in [6, 6.07) is 0. The van der Waals surface area contributed by atoms with Gasteiger partial charge < -0.3 is 20.4 Å². The van der Waals surface area contributed by atoms with Gasteiger partial charge in [0.2, 0.25) is 0 Å². The predicted molar refractivity (Wildman–Crippen MR) is 27.0 cm³/mol. The topological polar surface area (TPSA) is 115 Å². The molecule has 7 heavy (non-hydrogen) atoms. The Labute approximate surface area is 48.7 Å². The lowest BCUT2D eigenvalue weighted by Crippen LogP contribution is -1.81. The van der Waals surface area contributed by atoms with Crippen LogP contribution < -0.4 is 4.72 Å². The highest BCUT2D eigenvalue weighted by Crippen LogP contribution is 1.42. The van der Waals surface area contributed by atoms with Crippen molar-refractivity contribution in [2.45, 2.75) is 0 Å². The second-order valence-electron chi connectivity index (χ2n) is 0.283. The van der Waals surface area contributed by atoms with E-state index in [0.29, 0.717) is 0 Å². The van der Waals surface area contributed by atoms with Crippen molar-refractivity contribution in [2.75, 3.05) is 0 Å². The van der Waals surface area contributed by atoms with Crippen LogP contribution in [0.15, 0.2) is 0 Å². The summed E-state index contributed by atoms with van der Waals surface area (Å²) in [5.74, 6) is 0. The first-order valence-corrected chi connectivity index (χ1v) is 2.38. The van der Waals surface area contributed by atoms with Crippen LogP contribution in [0, 0.1) is 0 Å². The van der Waals surface area contributed by atoms with Crippen molar-refractivity contribution < 1.29 is 20.5 Å². The van der Waals surface area contributed by atoms with Gasteiger partial charge in [-0.1, -0.05) is 0 Å². The number of hydrogen-bond donors (Lipinski definition) is 3. The molecule has 0 aromatic rings. The lowest BCUT2D eigenvalue weighted by molar-refractivity contribution is 0.137. The third kappa shape index (κ3) is 1030. The number of carbonyl (C=O) groups is 1. The van der Waals surface area contributed by atoms with Crippen molar-refractivity contribution in [3.63, 3.8) is 0 Å². The lowest BCUT2D eigenvalue weighted by Gasteiger charge is -1.60. The Morgan fingerprint density at radius 1 is 1.43 bits per heavy atom. The number of rotatable bonds is 0. The predicted octanol–water partition coefficient (Wildman–Crippen LogP) is -2.11. The van der Waals surface area contributed by atoms with Crippen LogP contribution in [0.4, 0.5) is 4.79 Å². The Morgan fingerprint density at radius 3 is 1.43 bits per heavy atom. The molecule has 5 nitrogen and oxygen atoms in total. The zero-order valence-electron chi connectivity index (χ0n) is 3.88.